The van der Waals surface area contributed by atoms with E-state index in [9.17, 15) is 19.5 Å². The SMILES string of the molecule is CCc1c(F)ccc2cc(O)cc(-c3ncc4c(N5CCCC(C)(F)C5)nc(OCC5(CN6CCC7(CC6)CC(CN6CCN(c8ccc9c(c8)CN([C@H]8CCC(=O)NC8=O)C9=O)CC6)C7)CC5)nc4c3F)c12. The fourth-order valence-corrected chi connectivity index (χ4v) is 13.3. The smallest absolute Gasteiger partial charge is 0.319 e. The molecule has 5 aliphatic heterocycles. The molecule has 0 bridgehead atoms. The first kappa shape index (κ1) is 47.9. The molecule has 73 heavy (non-hydrogen) atoms. The lowest BCUT2D eigenvalue weighted by Gasteiger charge is -2.54. The van der Waals surface area contributed by atoms with Gasteiger partial charge in [-0.2, -0.15) is 9.97 Å². The molecular weight excluding hydrogens is 936 g/mol. The number of anilines is 2. The topological polar surface area (TPSA) is 148 Å². The lowest BCUT2D eigenvalue weighted by Crippen LogP contribution is -2.53. The van der Waals surface area contributed by atoms with Crippen LogP contribution in [0, 0.1) is 28.4 Å². The molecule has 7 heterocycles. The van der Waals surface area contributed by atoms with Crippen LogP contribution in [0.3, 0.4) is 0 Å². The number of piperidine rings is 3. The first-order valence-electron chi connectivity index (χ1n) is 26.5. The number of amides is 3. The molecule has 3 aromatic carbocycles. The van der Waals surface area contributed by atoms with Crippen LogP contribution in [0.4, 0.5) is 24.7 Å². The summed E-state index contributed by atoms with van der Waals surface area (Å²) < 4.78 is 54.3. The highest BCUT2D eigenvalue weighted by Gasteiger charge is 2.50. The van der Waals surface area contributed by atoms with E-state index in [1.54, 1.807) is 17.9 Å². The number of phenolic OH excluding ortho intramolecular Hbond substituents is 1. The van der Waals surface area contributed by atoms with Gasteiger partial charge >= 0.3 is 6.01 Å². The number of likely N-dealkylation sites (tertiary alicyclic amines) is 1. The van der Waals surface area contributed by atoms with Gasteiger partial charge in [-0.25, -0.2) is 13.2 Å². The minimum Gasteiger partial charge on any atom is -0.508 e. The fourth-order valence-electron chi connectivity index (χ4n) is 13.3. The highest BCUT2D eigenvalue weighted by atomic mass is 19.1. The Labute approximate surface area is 423 Å². The van der Waals surface area contributed by atoms with Gasteiger partial charge < -0.3 is 29.4 Å². The number of alkyl halides is 1. The number of carbonyl (C=O) groups is 3. The van der Waals surface area contributed by atoms with Crippen molar-refractivity contribution < 1.29 is 37.4 Å². The van der Waals surface area contributed by atoms with E-state index in [1.165, 1.54) is 50.1 Å². The summed E-state index contributed by atoms with van der Waals surface area (Å²) in [7, 11) is 0. The zero-order valence-corrected chi connectivity index (χ0v) is 41.8. The van der Waals surface area contributed by atoms with E-state index in [-0.39, 0.29) is 64.6 Å². The first-order valence-corrected chi connectivity index (χ1v) is 26.5. The molecule has 2 atom stereocenters. The molecule has 2 aromatic heterocycles. The van der Waals surface area contributed by atoms with Crippen LogP contribution in [-0.2, 0) is 22.6 Å². The van der Waals surface area contributed by atoms with Gasteiger partial charge in [0.15, 0.2) is 5.82 Å². The Kier molecular flexibility index (Phi) is 12.1. The lowest BCUT2D eigenvalue weighted by molar-refractivity contribution is -0.136. The monoisotopic (exact) mass is 999 g/mol. The fraction of sp³-hybridized carbons (Fsp3) is 0.536. The number of aromatic hydroxyl groups is 1. The second-order valence-corrected chi connectivity index (χ2v) is 22.8. The van der Waals surface area contributed by atoms with Gasteiger partial charge in [0.2, 0.25) is 11.8 Å². The van der Waals surface area contributed by atoms with Gasteiger partial charge in [0.25, 0.3) is 5.91 Å². The molecule has 384 valence electrons. The Balaban J connectivity index is 0.660. The second-order valence-electron chi connectivity index (χ2n) is 22.8. The number of hydrogen-bond donors (Lipinski definition) is 2. The minimum absolute atomic E-state index is 0.0215. The van der Waals surface area contributed by atoms with Crippen molar-refractivity contribution in [1.82, 2.24) is 35.0 Å². The maximum Gasteiger partial charge on any atom is 0.319 e. The van der Waals surface area contributed by atoms with E-state index in [0.717, 1.165) is 76.5 Å². The summed E-state index contributed by atoms with van der Waals surface area (Å²) in [5.74, 6) is -1.01. The van der Waals surface area contributed by atoms with Crippen molar-refractivity contribution in [3.8, 4) is 23.0 Å². The predicted molar refractivity (Wildman–Crippen MR) is 271 cm³/mol. The van der Waals surface area contributed by atoms with Crippen LogP contribution in [0.1, 0.15) is 99.5 Å². The normalized spacial score (nSPS) is 24.4. The van der Waals surface area contributed by atoms with E-state index < -0.39 is 23.3 Å². The number of piperazine rings is 1. The maximum atomic E-state index is 17.1. The predicted octanol–water partition coefficient (Wildman–Crippen LogP) is 7.95. The highest BCUT2D eigenvalue weighted by molar-refractivity contribution is 6.06. The number of carbonyl (C=O) groups excluding carboxylic acids is 3. The number of fused-ring (bicyclic) bond motifs is 3. The van der Waals surface area contributed by atoms with Crippen LogP contribution in [-0.4, -0.2) is 136 Å². The number of rotatable bonds is 12. The lowest BCUT2D eigenvalue weighted by atomic mass is 9.57. The van der Waals surface area contributed by atoms with Crippen LogP contribution >= 0.6 is 0 Å². The number of ether oxygens (including phenoxy) is 1. The quantitative estimate of drug-likeness (QED) is 0.117. The third-order valence-corrected chi connectivity index (χ3v) is 17.5. The molecule has 2 aliphatic carbocycles. The Morgan fingerprint density at radius 1 is 0.877 bits per heavy atom. The van der Waals surface area contributed by atoms with Crippen LogP contribution < -0.4 is 19.9 Å². The van der Waals surface area contributed by atoms with Gasteiger partial charge in [0, 0.05) is 87.2 Å². The van der Waals surface area contributed by atoms with Gasteiger partial charge in [0.1, 0.15) is 40.3 Å². The van der Waals surface area contributed by atoms with Crippen LogP contribution in [0.15, 0.2) is 48.7 Å². The minimum atomic E-state index is -1.46. The third kappa shape index (κ3) is 9.12. The molecule has 14 nitrogen and oxygen atoms in total. The van der Waals surface area contributed by atoms with E-state index in [1.807, 2.05) is 24.0 Å². The van der Waals surface area contributed by atoms with E-state index in [2.05, 4.69) is 36.1 Å². The van der Waals surface area contributed by atoms with Crippen molar-refractivity contribution in [2.45, 2.75) is 103 Å². The van der Waals surface area contributed by atoms with Crippen molar-refractivity contribution in [3.63, 3.8) is 0 Å². The molecule has 1 unspecified atom stereocenters. The van der Waals surface area contributed by atoms with Crippen LogP contribution in [0.5, 0.6) is 11.8 Å². The molecule has 6 fully saturated rings. The molecule has 2 saturated carbocycles. The van der Waals surface area contributed by atoms with Gasteiger partial charge in [0.05, 0.1) is 18.5 Å². The Bertz CT molecular complexity index is 3030. The van der Waals surface area contributed by atoms with Crippen molar-refractivity contribution in [2.24, 2.45) is 16.7 Å². The number of aromatic nitrogens is 3. The number of imide groups is 1. The molecule has 7 aliphatic rings. The van der Waals surface area contributed by atoms with Crippen molar-refractivity contribution in [2.75, 3.05) is 81.9 Å². The maximum absolute atomic E-state index is 17.1. The summed E-state index contributed by atoms with van der Waals surface area (Å²) in [6, 6.07) is 11.3. The van der Waals surface area contributed by atoms with Gasteiger partial charge in [-0.15, -0.1) is 0 Å². The molecule has 4 saturated heterocycles. The summed E-state index contributed by atoms with van der Waals surface area (Å²) in [6.07, 6.45) is 10.4. The third-order valence-electron chi connectivity index (χ3n) is 17.5. The van der Waals surface area contributed by atoms with E-state index in [0.29, 0.717) is 89.8 Å². The number of halogens is 3. The molecule has 17 heteroatoms. The Morgan fingerprint density at radius 3 is 2.41 bits per heavy atom. The van der Waals surface area contributed by atoms with E-state index in [4.69, 9.17) is 9.72 Å². The van der Waals surface area contributed by atoms with Crippen molar-refractivity contribution in [3.05, 3.63) is 77.0 Å². The number of nitrogens with one attached hydrogen (secondary N) is 1. The standard InChI is InChI=1S/C56H64F3N9O5/c1-3-39-43(57)8-5-35-24-38(69)25-41(46(35)39)48-47(58)49-42(28-60-48)50(67-16-4-11-54(2,59)31-67)63-53(62-49)73-33-56(12-13-56)32-65-17-14-55(15-18-65)26-34(27-55)29-64-19-21-66(22-20-64)37-6-7-40-36(23-37)30-68(52(40)72)44-9-10-45(70)61-51(44)71/h5-8,23-25,28,34,44,69H,3-4,9-22,26-27,29-33H2,1-2H3,(H,61,70,71)/t44-,54?/m0/s1. The Hall–Kier alpha value is -6.07. The molecule has 1 spiro atoms. The molecular formula is C56H64F3N9O5. The average molecular weight is 1000 g/mol. The van der Waals surface area contributed by atoms with Gasteiger partial charge in [-0.05, 0) is 154 Å². The number of phenols is 1. The number of aryl methyl sites for hydroxylation is 1. The van der Waals surface area contributed by atoms with Crippen LogP contribution in [0.2, 0.25) is 0 Å². The van der Waals surface area contributed by atoms with Gasteiger partial charge in [-0.3, -0.25) is 29.6 Å². The van der Waals surface area contributed by atoms with Crippen LogP contribution in [0.25, 0.3) is 32.9 Å². The summed E-state index contributed by atoms with van der Waals surface area (Å²) in [6.45, 7) is 12.7. The number of pyridine rings is 1. The van der Waals surface area contributed by atoms with Crippen molar-refractivity contribution >= 4 is 50.9 Å². The highest BCUT2D eigenvalue weighted by Crippen LogP contribution is 2.54. The van der Waals surface area contributed by atoms with Gasteiger partial charge in [-0.1, -0.05) is 13.0 Å². The summed E-state index contributed by atoms with van der Waals surface area (Å²) in [5.41, 5.74) is 2.13. The molecule has 3 amide bonds. The second kappa shape index (κ2) is 18.4. The zero-order chi connectivity index (χ0) is 50.4. The molecule has 2 N–H and O–H groups in total. The number of hydrogen-bond acceptors (Lipinski definition) is 12. The first-order chi connectivity index (χ1) is 35.1. The largest absolute Gasteiger partial charge is 0.508 e. The average Bonchev–Trinajstić information content (AvgIpc) is 4.06. The molecule has 0 radical (unpaired) electrons. The van der Waals surface area contributed by atoms with Crippen molar-refractivity contribution in [1.29, 1.82) is 0 Å². The summed E-state index contributed by atoms with van der Waals surface area (Å²) >= 11 is 0. The number of benzene rings is 3. The zero-order valence-electron chi connectivity index (χ0n) is 41.8. The Morgan fingerprint density at radius 2 is 1.67 bits per heavy atom. The summed E-state index contributed by atoms with van der Waals surface area (Å²) in [5, 5.41) is 14.5. The molecule has 5 aromatic rings. The molecule has 12 rings (SSSR count). The van der Waals surface area contributed by atoms with E-state index >= 15 is 13.2 Å². The number of nitrogens with zero attached hydrogens (tertiary/aromatic N) is 8. The summed E-state index contributed by atoms with van der Waals surface area (Å²) in [4.78, 5) is 62.6.